The summed E-state index contributed by atoms with van der Waals surface area (Å²) in [6, 6.07) is 7.87. The first-order valence-corrected chi connectivity index (χ1v) is 5.80. The second-order valence-electron chi connectivity index (χ2n) is 4.20. The Bertz CT molecular complexity index is 382. The molecule has 0 bridgehead atoms. The number of para-hydroxylation sites is 1. The molecule has 2 nitrogen and oxygen atoms in total. The van der Waals surface area contributed by atoms with Crippen molar-refractivity contribution < 1.29 is 9.84 Å². The summed E-state index contributed by atoms with van der Waals surface area (Å²) in [6.07, 6.45) is 5.79. The molecule has 16 heavy (non-hydrogen) atoms. The Morgan fingerprint density at radius 3 is 2.88 bits per heavy atom. The zero-order valence-electron chi connectivity index (χ0n) is 9.65. The molecule has 0 aromatic heterocycles. The van der Waals surface area contributed by atoms with Gasteiger partial charge >= 0.3 is 0 Å². The van der Waals surface area contributed by atoms with Crippen LogP contribution in [-0.4, -0.2) is 18.3 Å². The number of hydrogen-bond donors (Lipinski definition) is 1. The highest BCUT2D eigenvalue weighted by Gasteiger charge is 2.16. The Kier molecular flexibility index (Phi) is 3.62. The van der Waals surface area contributed by atoms with E-state index in [1.165, 1.54) is 12.0 Å². The van der Waals surface area contributed by atoms with Crippen molar-refractivity contribution in [2.45, 2.75) is 31.8 Å². The fourth-order valence-electron chi connectivity index (χ4n) is 2.21. The number of hydrogen-bond acceptors (Lipinski definition) is 2. The SMILES string of the molecule is COc1ccccc1CC(O)C1=CCCC1. The third-order valence-corrected chi connectivity index (χ3v) is 3.11. The first-order valence-electron chi connectivity index (χ1n) is 5.80. The molecule has 1 aromatic rings. The summed E-state index contributed by atoms with van der Waals surface area (Å²) >= 11 is 0. The molecule has 1 aliphatic carbocycles. The fourth-order valence-corrected chi connectivity index (χ4v) is 2.21. The van der Waals surface area contributed by atoms with E-state index in [4.69, 9.17) is 4.74 Å². The van der Waals surface area contributed by atoms with Crippen LogP contribution in [0.15, 0.2) is 35.9 Å². The highest BCUT2D eigenvalue weighted by Crippen LogP contribution is 2.25. The van der Waals surface area contributed by atoms with Gasteiger partial charge in [-0.3, -0.25) is 0 Å². The molecule has 1 aromatic carbocycles. The zero-order valence-corrected chi connectivity index (χ0v) is 9.65. The maximum Gasteiger partial charge on any atom is 0.122 e. The van der Waals surface area contributed by atoms with Crippen LogP contribution in [0.25, 0.3) is 0 Å². The molecule has 86 valence electrons. The number of rotatable bonds is 4. The number of aliphatic hydroxyl groups is 1. The smallest absolute Gasteiger partial charge is 0.122 e. The van der Waals surface area contributed by atoms with Crippen LogP contribution >= 0.6 is 0 Å². The van der Waals surface area contributed by atoms with Crippen molar-refractivity contribution in [3.8, 4) is 5.75 Å². The van der Waals surface area contributed by atoms with Gasteiger partial charge in [-0.05, 0) is 36.5 Å². The first kappa shape index (κ1) is 11.2. The minimum atomic E-state index is -0.348. The van der Waals surface area contributed by atoms with Gasteiger partial charge in [0.1, 0.15) is 5.75 Å². The van der Waals surface area contributed by atoms with Crippen molar-refractivity contribution in [3.05, 3.63) is 41.5 Å². The molecule has 0 fully saturated rings. The van der Waals surface area contributed by atoms with Gasteiger partial charge in [-0.2, -0.15) is 0 Å². The minimum Gasteiger partial charge on any atom is -0.496 e. The second-order valence-corrected chi connectivity index (χ2v) is 4.20. The summed E-state index contributed by atoms with van der Waals surface area (Å²) in [4.78, 5) is 0. The summed E-state index contributed by atoms with van der Waals surface area (Å²) < 4.78 is 5.28. The van der Waals surface area contributed by atoms with Crippen molar-refractivity contribution >= 4 is 0 Å². The summed E-state index contributed by atoms with van der Waals surface area (Å²) in [5.41, 5.74) is 2.26. The third kappa shape index (κ3) is 2.45. The van der Waals surface area contributed by atoms with Crippen molar-refractivity contribution in [1.82, 2.24) is 0 Å². The van der Waals surface area contributed by atoms with Crippen molar-refractivity contribution in [2.75, 3.05) is 7.11 Å². The van der Waals surface area contributed by atoms with Gasteiger partial charge in [0.15, 0.2) is 0 Å². The summed E-state index contributed by atoms with van der Waals surface area (Å²) in [5, 5.41) is 10.1. The van der Waals surface area contributed by atoms with Crippen LogP contribution in [0, 0.1) is 0 Å². The average molecular weight is 218 g/mol. The lowest BCUT2D eigenvalue weighted by atomic mass is 10.0. The maximum absolute atomic E-state index is 10.1. The van der Waals surface area contributed by atoms with E-state index in [-0.39, 0.29) is 6.10 Å². The van der Waals surface area contributed by atoms with Crippen LogP contribution in [0.4, 0.5) is 0 Å². The molecule has 0 saturated carbocycles. The topological polar surface area (TPSA) is 29.5 Å². The van der Waals surface area contributed by atoms with Crippen LogP contribution in [-0.2, 0) is 6.42 Å². The van der Waals surface area contributed by atoms with E-state index in [2.05, 4.69) is 6.08 Å². The molecular weight excluding hydrogens is 200 g/mol. The molecule has 0 heterocycles. The minimum absolute atomic E-state index is 0.348. The van der Waals surface area contributed by atoms with Crippen LogP contribution in [0.5, 0.6) is 5.75 Å². The van der Waals surface area contributed by atoms with E-state index in [0.29, 0.717) is 6.42 Å². The van der Waals surface area contributed by atoms with Crippen LogP contribution in [0.1, 0.15) is 24.8 Å². The molecule has 1 aliphatic rings. The maximum atomic E-state index is 10.1. The number of benzene rings is 1. The molecule has 2 rings (SSSR count). The number of methoxy groups -OCH3 is 1. The van der Waals surface area contributed by atoms with E-state index in [1.807, 2.05) is 24.3 Å². The van der Waals surface area contributed by atoms with E-state index < -0.39 is 0 Å². The van der Waals surface area contributed by atoms with Crippen molar-refractivity contribution in [1.29, 1.82) is 0 Å². The lowest BCUT2D eigenvalue weighted by Gasteiger charge is -2.14. The number of aliphatic hydroxyl groups excluding tert-OH is 1. The molecule has 0 amide bonds. The monoisotopic (exact) mass is 218 g/mol. The fraction of sp³-hybridized carbons (Fsp3) is 0.429. The predicted octanol–water partition coefficient (Wildman–Crippen LogP) is 2.71. The second kappa shape index (κ2) is 5.17. The standard InChI is InChI=1S/C14H18O2/c1-16-14-9-5-4-8-12(14)10-13(15)11-6-2-3-7-11/h4-6,8-9,13,15H,2-3,7,10H2,1H3. The molecule has 0 spiro atoms. The highest BCUT2D eigenvalue weighted by atomic mass is 16.5. The van der Waals surface area contributed by atoms with Crippen molar-refractivity contribution in [3.63, 3.8) is 0 Å². The lowest BCUT2D eigenvalue weighted by molar-refractivity contribution is 0.207. The van der Waals surface area contributed by atoms with Crippen molar-refractivity contribution in [2.24, 2.45) is 0 Å². The van der Waals surface area contributed by atoms with Gasteiger partial charge in [-0.15, -0.1) is 0 Å². The van der Waals surface area contributed by atoms with E-state index in [1.54, 1.807) is 7.11 Å². The Balaban J connectivity index is 2.08. The van der Waals surface area contributed by atoms with Gasteiger partial charge in [-0.1, -0.05) is 24.3 Å². The van der Waals surface area contributed by atoms with Gasteiger partial charge in [0, 0.05) is 6.42 Å². The molecule has 1 atom stereocenters. The summed E-state index contributed by atoms with van der Waals surface area (Å²) in [7, 11) is 1.67. The van der Waals surface area contributed by atoms with Gasteiger partial charge in [0.2, 0.25) is 0 Å². The van der Waals surface area contributed by atoms with E-state index in [9.17, 15) is 5.11 Å². The predicted molar refractivity (Wildman–Crippen MR) is 64.6 cm³/mol. The molecule has 1 unspecified atom stereocenters. The Labute approximate surface area is 96.6 Å². The summed E-state index contributed by atoms with van der Waals surface area (Å²) in [5.74, 6) is 0.861. The lowest BCUT2D eigenvalue weighted by Crippen LogP contribution is -2.13. The quantitative estimate of drug-likeness (QED) is 0.787. The largest absolute Gasteiger partial charge is 0.496 e. The Morgan fingerprint density at radius 1 is 1.38 bits per heavy atom. The van der Waals surface area contributed by atoms with Crippen LogP contribution < -0.4 is 4.74 Å². The average Bonchev–Trinajstić information content (AvgIpc) is 2.83. The Morgan fingerprint density at radius 2 is 2.19 bits per heavy atom. The number of ether oxygens (including phenoxy) is 1. The normalized spacial score (nSPS) is 17.0. The molecule has 0 aliphatic heterocycles. The third-order valence-electron chi connectivity index (χ3n) is 3.11. The first-order chi connectivity index (χ1) is 7.81. The van der Waals surface area contributed by atoms with Gasteiger partial charge in [0.25, 0.3) is 0 Å². The Hall–Kier alpha value is -1.28. The molecule has 0 radical (unpaired) electrons. The molecular formula is C14H18O2. The van der Waals surface area contributed by atoms with Crippen LogP contribution in [0.3, 0.4) is 0 Å². The van der Waals surface area contributed by atoms with Gasteiger partial charge in [0.05, 0.1) is 13.2 Å². The number of allylic oxidation sites excluding steroid dienone is 1. The van der Waals surface area contributed by atoms with Gasteiger partial charge in [-0.25, -0.2) is 0 Å². The summed E-state index contributed by atoms with van der Waals surface area (Å²) in [6.45, 7) is 0. The molecule has 0 saturated heterocycles. The highest BCUT2D eigenvalue weighted by molar-refractivity contribution is 5.34. The zero-order chi connectivity index (χ0) is 11.4. The van der Waals surface area contributed by atoms with Crippen LogP contribution in [0.2, 0.25) is 0 Å². The van der Waals surface area contributed by atoms with E-state index in [0.717, 1.165) is 24.2 Å². The van der Waals surface area contributed by atoms with Gasteiger partial charge < -0.3 is 9.84 Å². The molecule has 1 N–H and O–H groups in total. The van der Waals surface area contributed by atoms with E-state index >= 15 is 0 Å². The molecule has 2 heteroatoms.